The monoisotopic (exact) mass is 220 g/mol. The molecule has 0 aliphatic carbocycles. The van der Waals surface area contributed by atoms with Gasteiger partial charge in [-0.3, -0.25) is 0 Å². The fraction of sp³-hybridized carbons (Fsp3) is 0.417. The van der Waals surface area contributed by atoms with Crippen LogP contribution in [0.1, 0.15) is 17.3 Å². The molecule has 1 aromatic carbocycles. The Hall–Kier alpha value is -1.71. The number of ether oxygens (including phenoxy) is 1. The molecule has 1 aliphatic rings. The second kappa shape index (κ2) is 4.04. The van der Waals surface area contributed by atoms with Gasteiger partial charge in [0.1, 0.15) is 0 Å². The number of nitrogens with one attached hydrogen (secondary N) is 1. The smallest absolute Gasteiger partial charge is 0.337 e. The number of esters is 1. The molecular weight excluding hydrogens is 204 g/mol. The van der Waals surface area contributed by atoms with Crippen LogP contribution in [0.2, 0.25) is 0 Å². The van der Waals surface area contributed by atoms with E-state index in [1.54, 1.807) is 6.07 Å². The highest BCUT2D eigenvalue weighted by molar-refractivity contribution is 5.92. The van der Waals surface area contributed by atoms with E-state index >= 15 is 0 Å². The Morgan fingerprint density at radius 2 is 2.31 bits per heavy atom. The largest absolute Gasteiger partial charge is 0.465 e. The molecule has 4 nitrogen and oxygen atoms in total. The van der Waals surface area contributed by atoms with E-state index in [1.165, 1.54) is 7.11 Å². The molecular formula is C12H16N2O2. The molecule has 0 spiro atoms. The van der Waals surface area contributed by atoms with E-state index in [9.17, 15) is 4.79 Å². The van der Waals surface area contributed by atoms with Crippen LogP contribution < -0.4 is 10.2 Å². The summed E-state index contributed by atoms with van der Waals surface area (Å²) in [6.07, 6.45) is 0. The van der Waals surface area contributed by atoms with E-state index in [4.69, 9.17) is 4.74 Å². The number of hydrogen-bond acceptors (Lipinski definition) is 4. The zero-order chi connectivity index (χ0) is 11.7. The van der Waals surface area contributed by atoms with Gasteiger partial charge in [0.25, 0.3) is 0 Å². The standard InChI is InChI=1S/C12H16N2O2/c1-8-7-14(2)11-5-4-9(12(15)16-3)6-10(11)13-8/h4-6,8,13H,7H2,1-3H3. The summed E-state index contributed by atoms with van der Waals surface area (Å²) < 4.78 is 4.70. The minimum absolute atomic E-state index is 0.300. The molecule has 0 fully saturated rings. The molecule has 1 heterocycles. The van der Waals surface area contributed by atoms with Gasteiger partial charge in [-0.05, 0) is 25.1 Å². The number of anilines is 2. The van der Waals surface area contributed by atoms with Crippen LogP contribution in [0.4, 0.5) is 11.4 Å². The van der Waals surface area contributed by atoms with Crippen LogP contribution in [0.25, 0.3) is 0 Å². The van der Waals surface area contributed by atoms with E-state index in [-0.39, 0.29) is 5.97 Å². The van der Waals surface area contributed by atoms with Gasteiger partial charge in [-0.2, -0.15) is 0 Å². The Labute approximate surface area is 95.2 Å². The molecule has 2 rings (SSSR count). The summed E-state index contributed by atoms with van der Waals surface area (Å²) in [5.74, 6) is -0.300. The zero-order valence-electron chi connectivity index (χ0n) is 9.78. The molecule has 1 aliphatic heterocycles. The quantitative estimate of drug-likeness (QED) is 0.732. The van der Waals surface area contributed by atoms with Crippen molar-refractivity contribution in [2.45, 2.75) is 13.0 Å². The molecule has 16 heavy (non-hydrogen) atoms. The summed E-state index contributed by atoms with van der Waals surface area (Å²) in [6, 6.07) is 5.96. The number of methoxy groups -OCH3 is 1. The van der Waals surface area contributed by atoms with Gasteiger partial charge in [0, 0.05) is 19.6 Å². The van der Waals surface area contributed by atoms with Crippen LogP contribution in [0.3, 0.4) is 0 Å². The van der Waals surface area contributed by atoms with Crippen molar-refractivity contribution >= 4 is 17.3 Å². The number of hydrogen-bond donors (Lipinski definition) is 1. The van der Waals surface area contributed by atoms with Gasteiger partial charge in [-0.1, -0.05) is 0 Å². The van der Waals surface area contributed by atoms with E-state index in [0.717, 1.165) is 17.9 Å². The second-order valence-electron chi connectivity index (χ2n) is 4.15. The van der Waals surface area contributed by atoms with Crippen LogP contribution in [0.15, 0.2) is 18.2 Å². The summed E-state index contributed by atoms with van der Waals surface area (Å²) in [4.78, 5) is 13.6. The summed E-state index contributed by atoms with van der Waals surface area (Å²) in [5.41, 5.74) is 2.69. The van der Waals surface area contributed by atoms with Gasteiger partial charge < -0.3 is 15.0 Å². The summed E-state index contributed by atoms with van der Waals surface area (Å²) in [7, 11) is 3.44. The van der Waals surface area contributed by atoms with E-state index in [0.29, 0.717) is 11.6 Å². The predicted molar refractivity (Wildman–Crippen MR) is 64.1 cm³/mol. The van der Waals surface area contributed by atoms with Gasteiger partial charge in [0.05, 0.1) is 24.0 Å². The van der Waals surface area contributed by atoms with Gasteiger partial charge in [-0.15, -0.1) is 0 Å². The lowest BCUT2D eigenvalue weighted by Crippen LogP contribution is -2.37. The number of fused-ring (bicyclic) bond motifs is 1. The van der Waals surface area contributed by atoms with Crippen LogP contribution in [0, 0.1) is 0 Å². The molecule has 0 amide bonds. The highest BCUT2D eigenvalue weighted by Gasteiger charge is 2.19. The molecule has 0 aromatic heterocycles. The lowest BCUT2D eigenvalue weighted by molar-refractivity contribution is 0.0601. The third-order valence-electron chi connectivity index (χ3n) is 2.78. The number of likely N-dealkylation sites (N-methyl/N-ethyl adjacent to an activating group) is 1. The average molecular weight is 220 g/mol. The first-order valence-corrected chi connectivity index (χ1v) is 5.32. The van der Waals surface area contributed by atoms with Gasteiger partial charge in [0.2, 0.25) is 0 Å². The predicted octanol–water partition coefficient (Wildman–Crippen LogP) is 1.72. The molecule has 4 heteroatoms. The Bertz CT molecular complexity index is 417. The van der Waals surface area contributed by atoms with Crippen molar-refractivity contribution in [1.82, 2.24) is 0 Å². The minimum Gasteiger partial charge on any atom is -0.465 e. The average Bonchev–Trinajstić information content (AvgIpc) is 2.27. The van der Waals surface area contributed by atoms with Crippen LogP contribution in [0.5, 0.6) is 0 Å². The van der Waals surface area contributed by atoms with Crippen molar-refractivity contribution in [2.24, 2.45) is 0 Å². The maximum absolute atomic E-state index is 11.4. The van der Waals surface area contributed by atoms with Gasteiger partial charge >= 0.3 is 5.97 Å². The summed E-state index contributed by atoms with van der Waals surface area (Å²) in [6.45, 7) is 3.08. The highest BCUT2D eigenvalue weighted by atomic mass is 16.5. The normalized spacial score (nSPS) is 18.7. The number of carbonyl (C=O) groups excluding carboxylic acids is 1. The fourth-order valence-corrected chi connectivity index (χ4v) is 2.05. The second-order valence-corrected chi connectivity index (χ2v) is 4.15. The van der Waals surface area contributed by atoms with Gasteiger partial charge in [0.15, 0.2) is 0 Å². The molecule has 0 saturated heterocycles. The van der Waals surface area contributed by atoms with Crippen LogP contribution >= 0.6 is 0 Å². The first-order chi connectivity index (χ1) is 7.61. The van der Waals surface area contributed by atoms with Crippen molar-refractivity contribution in [2.75, 3.05) is 30.9 Å². The molecule has 0 bridgehead atoms. The molecule has 0 saturated carbocycles. The molecule has 1 atom stereocenters. The van der Waals surface area contributed by atoms with Gasteiger partial charge in [-0.25, -0.2) is 4.79 Å². The van der Waals surface area contributed by atoms with Crippen molar-refractivity contribution < 1.29 is 9.53 Å². The molecule has 1 unspecified atom stereocenters. The van der Waals surface area contributed by atoms with Crippen molar-refractivity contribution in [3.8, 4) is 0 Å². The first-order valence-electron chi connectivity index (χ1n) is 5.32. The maximum atomic E-state index is 11.4. The summed E-state index contributed by atoms with van der Waals surface area (Å²) in [5, 5.41) is 3.36. The lowest BCUT2D eigenvalue weighted by atomic mass is 10.1. The SMILES string of the molecule is COC(=O)c1ccc2c(c1)NC(C)CN2C. The zero-order valence-corrected chi connectivity index (χ0v) is 9.78. The van der Waals surface area contributed by atoms with Crippen molar-refractivity contribution in [1.29, 1.82) is 0 Å². The van der Waals surface area contributed by atoms with Crippen LogP contribution in [-0.2, 0) is 4.74 Å². The fourth-order valence-electron chi connectivity index (χ4n) is 2.05. The van der Waals surface area contributed by atoms with Crippen LogP contribution in [-0.4, -0.2) is 32.7 Å². The molecule has 86 valence electrons. The van der Waals surface area contributed by atoms with E-state index in [1.807, 2.05) is 19.2 Å². The third-order valence-corrected chi connectivity index (χ3v) is 2.78. The Morgan fingerprint density at radius 3 is 3.00 bits per heavy atom. The van der Waals surface area contributed by atoms with E-state index in [2.05, 4.69) is 17.1 Å². The number of rotatable bonds is 1. The molecule has 1 N–H and O–H groups in total. The number of nitrogens with zero attached hydrogens (tertiary/aromatic N) is 1. The minimum atomic E-state index is -0.300. The molecule has 0 radical (unpaired) electrons. The highest BCUT2D eigenvalue weighted by Crippen LogP contribution is 2.30. The third kappa shape index (κ3) is 1.83. The lowest BCUT2D eigenvalue weighted by Gasteiger charge is -2.33. The Kier molecular flexibility index (Phi) is 2.73. The van der Waals surface area contributed by atoms with E-state index < -0.39 is 0 Å². The molecule has 1 aromatic rings. The topological polar surface area (TPSA) is 41.6 Å². The Morgan fingerprint density at radius 1 is 1.56 bits per heavy atom. The number of benzene rings is 1. The van der Waals surface area contributed by atoms with Crippen molar-refractivity contribution in [3.63, 3.8) is 0 Å². The Balaban J connectivity index is 2.38. The maximum Gasteiger partial charge on any atom is 0.337 e. The first kappa shape index (κ1) is 10.8. The summed E-state index contributed by atoms with van der Waals surface area (Å²) >= 11 is 0. The number of carbonyl (C=O) groups is 1. The van der Waals surface area contributed by atoms with Crippen molar-refractivity contribution in [3.05, 3.63) is 23.8 Å².